The zero-order valence-corrected chi connectivity index (χ0v) is 18.5. The zero-order valence-electron chi connectivity index (χ0n) is 16.9. The molecule has 1 aromatic carbocycles. The minimum Gasteiger partial charge on any atom is -0.373 e. The monoisotopic (exact) mass is 419 g/mol. The smallest absolute Gasteiger partial charge is 0.251 e. The number of nitrogens with two attached hydrogens (primary N) is 1. The number of hydrogen-bond acceptors (Lipinski definition) is 4. The maximum Gasteiger partial charge on any atom is 0.251 e. The lowest BCUT2D eigenvalue weighted by Gasteiger charge is -2.35. The van der Waals surface area contributed by atoms with Crippen LogP contribution >= 0.6 is 24.8 Å². The van der Waals surface area contributed by atoms with Gasteiger partial charge in [-0.3, -0.25) is 9.69 Å². The standard InChI is InChI=1S/C20H33N3O2.2ClH/c1-5-20(21,6-2)14-22-19(24)18-9-7-17(8-10-18)13-23-11-15(3)25-16(4)12-23;;/h7-10,15-16H,5-6,11-14,21H2,1-4H3,(H,22,24);2*1H. The van der Waals surface area contributed by atoms with Crippen LogP contribution in [0.15, 0.2) is 24.3 Å². The fourth-order valence-electron chi connectivity index (χ4n) is 3.29. The summed E-state index contributed by atoms with van der Waals surface area (Å²) >= 11 is 0. The van der Waals surface area contributed by atoms with Crippen molar-refractivity contribution in [1.82, 2.24) is 10.2 Å². The van der Waals surface area contributed by atoms with Crippen LogP contribution in [0.25, 0.3) is 0 Å². The van der Waals surface area contributed by atoms with Crippen LogP contribution in [0, 0.1) is 0 Å². The predicted molar refractivity (Wildman–Crippen MR) is 116 cm³/mol. The number of carbonyl (C=O) groups is 1. The van der Waals surface area contributed by atoms with Crippen LogP contribution in [-0.2, 0) is 11.3 Å². The van der Waals surface area contributed by atoms with Crippen molar-refractivity contribution in [3.8, 4) is 0 Å². The lowest BCUT2D eigenvalue weighted by Crippen LogP contribution is -2.49. The van der Waals surface area contributed by atoms with E-state index in [0.29, 0.717) is 12.1 Å². The van der Waals surface area contributed by atoms with Gasteiger partial charge in [0.25, 0.3) is 5.91 Å². The van der Waals surface area contributed by atoms with Gasteiger partial charge in [0.15, 0.2) is 0 Å². The molecule has 0 radical (unpaired) electrons. The molecule has 1 aromatic rings. The summed E-state index contributed by atoms with van der Waals surface area (Å²) in [6.07, 6.45) is 2.23. The van der Waals surface area contributed by atoms with Crippen molar-refractivity contribution in [1.29, 1.82) is 0 Å². The molecule has 2 unspecified atom stereocenters. The van der Waals surface area contributed by atoms with Crippen molar-refractivity contribution in [3.63, 3.8) is 0 Å². The first-order valence-corrected chi connectivity index (χ1v) is 9.39. The van der Waals surface area contributed by atoms with Gasteiger partial charge in [0.1, 0.15) is 0 Å². The molecule has 1 heterocycles. The molecule has 0 saturated carbocycles. The lowest BCUT2D eigenvalue weighted by atomic mass is 9.94. The quantitative estimate of drug-likeness (QED) is 0.710. The summed E-state index contributed by atoms with van der Waals surface area (Å²) in [5.74, 6) is -0.0584. The Labute approximate surface area is 176 Å². The second kappa shape index (κ2) is 11.9. The molecule has 2 atom stereocenters. The van der Waals surface area contributed by atoms with Crippen molar-refractivity contribution < 1.29 is 9.53 Å². The molecule has 3 N–H and O–H groups in total. The number of nitrogens with one attached hydrogen (secondary N) is 1. The van der Waals surface area contributed by atoms with E-state index in [1.165, 1.54) is 5.56 Å². The Balaban J connectivity index is 0.00000338. The average molecular weight is 420 g/mol. The highest BCUT2D eigenvalue weighted by molar-refractivity contribution is 5.94. The van der Waals surface area contributed by atoms with Gasteiger partial charge < -0.3 is 15.8 Å². The minimum absolute atomic E-state index is 0. The summed E-state index contributed by atoms with van der Waals surface area (Å²) in [5, 5.41) is 2.96. The molecule has 156 valence electrons. The van der Waals surface area contributed by atoms with Crippen molar-refractivity contribution >= 4 is 30.7 Å². The fourth-order valence-corrected chi connectivity index (χ4v) is 3.29. The predicted octanol–water partition coefficient (Wildman–Crippen LogP) is 3.39. The Hall–Kier alpha value is -0.850. The van der Waals surface area contributed by atoms with Gasteiger partial charge in [-0.05, 0) is 44.4 Å². The van der Waals surface area contributed by atoms with E-state index < -0.39 is 0 Å². The van der Waals surface area contributed by atoms with Crippen LogP contribution in [0.3, 0.4) is 0 Å². The number of amides is 1. The molecule has 1 amide bonds. The molecule has 2 rings (SSSR count). The molecule has 0 spiro atoms. The van der Waals surface area contributed by atoms with Crippen molar-refractivity contribution in [2.45, 2.75) is 64.8 Å². The second-order valence-corrected chi connectivity index (χ2v) is 7.40. The summed E-state index contributed by atoms with van der Waals surface area (Å²) in [4.78, 5) is 14.7. The molecule has 7 heteroatoms. The van der Waals surface area contributed by atoms with E-state index in [4.69, 9.17) is 10.5 Å². The number of ether oxygens (including phenoxy) is 1. The normalized spacial score (nSPS) is 20.3. The van der Waals surface area contributed by atoms with Gasteiger partial charge in [-0.15, -0.1) is 24.8 Å². The topological polar surface area (TPSA) is 67.6 Å². The summed E-state index contributed by atoms with van der Waals surface area (Å²) < 4.78 is 5.77. The van der Waals surface area contributed by atoms with E-state index in [-0.39, 0.29) is 48.5 Å². The van der Waals surface area contributed by atoms with Gasteiger partial charge in [0, 0.05) is 37.3 Å². The molecular weight excluding hydrogens is 385 g/mol. The van der Waals surface area contributed by atoms with E-state index in [9.17, 15) is 4.79 Å². The van der Waals surface area contributed by atoms with Crippen LogP contribution < -0.4 is 11.1 Å². The van der Waals surface area contributed by atoms with E-state index in [2.05, 4.69) is 37.9 Å². The Bertz CT molecular complexity index is 555. The molecule has 5 nitrogen and oxygen atoms in total. The average Bonchev–Trinajstić information content (AvgIpc) is 2.59. The first kappa shape index (κ1) is 26.1. The van der Waals surface area contributed by atoms with E-state index in [0.717, 1.165) is 32.5 Å². The maximum absolute atomic E-state index is 12.3. The molecule has 27 heavy (non-hydrogen) atoms. The largest absolute Gasteiger partial charge is 0.373 e. The zero-order chi connectivity index (χ0) is 18.4. The van der Waals surface area contributed by atoms with Gasteiger partial charge in [0.05, 0.1) is 12.2 Å². The second-order valence-electron chi connectivity index (χ2n) is 7.40. The third-order valence-electron chi connectivity index (χ3n) is 5.13. The van der Waals surface area contributed by atoms with Crippen LogP contribution in [0.5, 0.6) is 0 Å². The molecule has 0 bridgehead atoms. The molecular formula is C20H35Cl2N3O2. The Morgan fingerprint density at radius 2 is 1.67 bits per heavy atom. The number of halogens is 2. The third kappa shape index (κ3) is 7.96. The highest BCUT2D eigenvalue weighted by atomic mass is 35.5. The van der Waals surface area contributed by atoms with Crippen molar-refractivity contribution in [2.75, 3.05) is 19.6 Å². The molecule has 1 saturated heterocycles. The van der Waals surface area contributed by atoms with Crippen LogP contribution in [0.2, 0.25) is 0 Å². The van der Waals surface area contributed by atoms with E-state index in [1.807, 2.05) is 24.3 Å². The van der Waals surface area contributed by atoms with Gasteiger partial charge in [-0.1, -0.05) is 26.0 Å². The third-order valence-corrected chi connectivity index (χ3v) is 5.13. The number of morpholine rings is 1. The van der Waals surface area contributed by atoms with E-state index >= 15 is 0 Å². The van der Waals surface area contributed by atoms with E-state index in [1.54, 1.807) is 0 Å². The Kier molecular flexibility index (Phi) is 11.5. The fraction of sp³-hybridized carbons (Fsp3) is 0.650. The first-order valence-electron chi connectivity index (χ1n) is 9.39. The highest BCUT2D eigenvalue weighted by Gasteiger charge is 2.23. The maximum atomic E-state index is 12.3. The van der Waals surface area contributed by atoms with Crippen molar-refractivity contribution in [2.24, 2.45) is 5.73 Å². The first-order chi connectivity index (χ1) is 11.8. The lowest BCUT2D eigenvalue weighted by molar-refractivity contribution is -0.0704. The number of carbonyl (C=O) groups excluding carboxylic acids is 1. The number of nitrogens with zero attached hydrogens (tertiary/aromatic N) is 1. The molecule has 0 aliphatic carbocycles. The highest BCUT2D eigenvalue weighted by Crippen LogP contribution is 2.15. The number of rotatable bonds is 7. The molecule has 1 fully saturated rings. The van der Waals surface area contributed by atoms with Gasteiger partial charge >= 0.3 is 0 Å². The Morgan fingerprint density at radius 3 is 2.15 bits per heavy atom. The summed E-state index contributed by atoms with van der Waals surface area (Å²) in [7, 11) is 0. The summed E-state index contributed by atoms with van der Waals surface area (Å²) in [5.41, 5.74) is 7.82. The van der Waals surface area contributed by atoms with Gasteiger partial charge in [0.2, 0.25) is 0 Å². The Morgan fingerprint density at radius 1 is 1.15 bits per heavy atom. The minimum atomic E-state index is -0.320. The molecule has 1 aliphatic heterocycles. The number of benzene rings is 1. The van der Waals surface area contributed by atoms with Crippen molar-refractivity contribution in [3.05, 3.63) is 35.4 Å². The SMILES string of the molecule is CCC(N)(CC)CNC(=O)c1ccc(CN2CC(C)OC(C)C2)cc1.Cl.Cl. The van der Waals surface area contributed by atoms with Crippen LogP contribution in [0.4, 0.5) is 0 Å². The van der Waals surface area contributed by atoms with Crippen LogP contribution in [0.1, 0.15) is 56.5 Å². The summed E-state index contributed by atoms with van der Waals surface area (Å²) in [6, 6.07) is 7.87. The summed E-state index contributed by atoms with van der Waals surface area (Å²) in [6.45, 7) is 11.6. The number of hydrogen-bond donors (Lipinski definition) is 2. The van der Waals surface area contributed by atoms with Gasteiger partial charge in [-0.2, -0.15) is 0 Å². The molecule has 0 aromatic heterocycles. The van der Waals surface area contributed by atoms with Crippen LogP contribution in [-0.4, -0.2) is 48.2 Å². The van der Waals surface area contributed by atoms with Gasteiger partial charge in [-0.25, -0.2) is 0 Å². The molecule has 1 aliphatic rings.